The van der Waals surface area contributed by atoms with Crippen LogP contribution in [-0.4, -0.2) is 5.11 Å². The summed E-state index contributed by atoms with van der Waals surface area (Å²) in [4.78, 5) is 0. The van der Waals surface area contributed by atoms with E-state index in [1.54, 1.807) is 24.3 Å². The van der Waals surface area contributed by atoms with Crippen molar-refractivity contribution in [3.8, 4) is 11.1 Å². The number of benzene rings is 2. The first-order valence-corrected chi connectivity index (χ1v) is 5.34. The van der Waals surface area contributed by atoms with Crippen LogP contribution >= 0.6 is 11.6 Å². The number of rotatable bonds is 2. The Morgan fingerprint density at radius 1 is 1.00 bits per heavy atom. The molecule has 0 spiro atoms. The topological polar surface area (TPSA) is 20.2 Å². The smallest absolute Gasteiger partial charge is 0.134 e. The van der Waals surface area contributed by atoms with Crippen molar-refractivity contribution in [2.45, 2.75) is 6.61 Å². The van der Waals surface area contributed by atoms with Crippen LogP contribution in [0.3, 0.4) is 0 Å². The summed E-state index contributed by atoms with van der Waals surface area (Å²) in [5.41, 5.74) is 0.505. The molecule has 17 heavy (non-hydrogen) atoms. The van der Waals surface area contributed by atoms with E-state index < -0.39 is 18.2 Å². The van der Waals surface area contributed by atoms with E-state index in [0.717, 1.165) is 12.1 Å². The van der Waals surface area contributed by atoms with Crippen LogP contribution in [0, 0.1) is 11.6 Å². The van der Waals surface area contributed by atoms with Crippen molar-refractivity contribution in [3.05, 3.63) is 58.6 Å². The number of halogens is 3. The van der Waals surface area contributed by atoms with Crippen LogP contribution in [0.1, 0.15) is 5.56 Å². The van der Waals surface area contributed by atoms with Crippen LogP contribution in [0.2, 0.25) is 5.02 Å². The lowest BCUT2D eigenvalue weighted by molar-refractivity contribution is 0.280. The zero-order valence-electron chi connectivity index (χ0n) is 8.75. The maximum atomic E-state index is 13.7. The predicted octanol–water partition coefficient (Wildman–Crippen LogP) is 3.78. The third-order valence-electron chi connectivity index (χ3n) is 2.42. The molecule has 0 aliphatic rings. The third-order valence-corrected chi connectivity index (χ3v) is 2.67. The molecule has 0 amide bonds. The monoisotopic (exact) mass is 254 g/mol. The van der Waals surface area contributed by atoms with Gasteiger partial charge in [0.25, 0.3) is 0 Å². The van der Waals surface area contributed by atoms with E-state index in [9.17, 15) is 8.78 Å². The number of aliphatic hydroxyl groups is 1. The minimum absolute atomic E-state index is 0.112. The number of hydrogen-bond donors (Lipinski definition) is 1. The molecule has 2 rings (SSSR count). The van der Waals surface area contributed by atoms with Gasteiger partial charge in [0.2, 0.25) is 0 Å². The predicted molar refractivity (Wildman–Crippen MR) is 62.7 cm³/mol. The SMILES string of the molecule is OCc1cc(F)c(-c2ccc(Cl)cc2)c(F)c1. The number of aliphatic hydroxyl groups excluding tert-OH is 1. The summed E-state index contributed by atoms with van der Waals surface area (Å²) in [5.74, 6) is -1.40. The molecular formula is C13H9ClF2O. The Morgan fingerprint density at radius 3 is 2.00 bits per heavy atom. The van der Waals surface area contributed by atoms with Crippen molar-refractivity contribution in [2.24, 2.45) is 0 Å². The Bertz CT molecular complexity index is 515. The quantitative estimate of drug-likeness (QED) is 0.865. The highest BCUT2D eigenvalue weighted by atomic mass is 35.5. The van der Waals surface area contributed by atoms with Gasteiger partial charge in [0.05, 0.1) is 12.2 Å². The Labute approximate surface area is 102 Å². The van der Waals surface area contributed by atoms with Crippen molar-refractivity contribution in [2.75, 3.05) is 0 Å². The molecule has 2 aromatic carbocycles. The molecule has 1 N–H and O–H groups in total. The van der Waals surface area contributed by atoms with Gasteiger partial charge in [0, 0.05) is 5.02 Å². The van der Waals surface area contributed by atoms with Crippen molar-refractivity contribution >= 4 is 11.6 Å². The van der Waals surface area contributed by atoms with Crippen LogP contribution in [0.25, 0.3) is 11.1 Å². The van der Waals surface area contributed by atoms with Gasteiger partial charge in [-0.25, -0.2) is 8.78 Å². The van der Waals surface area contributed by atoms with Crippen LogP contribution in [0.15, 0.2) is 36.4 Å². The fourth-order valence-electron chi connectivity index (χ4n) is 1.61. The highest BCUT2D eigenvalue weighted by Gasteiger charge is 2.12. The summed E-state index contributed by atoms with van der Waals surface area (Å²) in [6.07, 6.45) is 0. The highest BCUT2D eigenvalue weighted by molar-refractivity contribution is 6.30. The second-order valence-corrected chi connectivity index (χ2v) is 4.04. The second-order valence-electron chi connectivity index (χ2n) is 3.60. The standard InChI is InChI=1S/C13H9ClF2O/c14-10-3-1-9(2-4-10)13-11(15)5-8(7-17)6-12(13)16/h1-6,17H,7H2. The van der Waals surface area contributed by atoms with Crippen LogP contribution in [0.5, 0.6) is 0 Å². The minimum atomic E-state index is -0.698. The minimum Gasteiger partial charge on any atom is -0.392 e. The highest BCUT2D eigenvalue weighted by Crippen LogP contribution is 2.28. The molecule has 0 saturated heterocycles. The van der Waals surface area contributed by atoms with Crippen LogP contribution in [-0.2, 0) is 6.61 Å². The molecule has 0 heterocycles. The van der Waals surface area contributed by atoms with Gasteiger partial charge in [-0.3, -0.25) is 0 Å². The van der Waals surface area contributed by atoms with Gasteiger partial charge in [-0.05, 0) is 35.4 Å². The summed E-state index contributed by atoms with van der Waals surface area (Å²) in [5, 5.41) is 9.33. The van der Waals surface area contributed by atoms with Gasteiger partial charge >= 0.3 is 0 Å². The lowest BCUT2D eigenvalue weighted by Gasteiger charge is -2.07. The Morgan fingerprint density at radius 2 is 1.53 bits per heavy atom. The Kier molecular flexibility index (Phi) is 3.41. The molecule has 1 nitrogen and oxygen atoms in total. The van der Waals surface area contributed by atoms with E-state index in [2.05, 4.69) is 0 Å². The molecule has 0 atom stereocenters. The normalized spacial score (nSPS) is 10.6. The van der Waals surface area contributed by atoms with Gasteiger partial charge in [-0.15, -0.1) is 0 Å². The van der Waals surface area contributed by atoms with E-state index in [-0.39, 0.29) is 11.1 Å². The molecule has 4 heteroatoms. The molecule has 0 aliphatic heterocycles. The Hall–Kier alpha value is -1.45. The van der Waals surface area contributed by atoms with E-state index in [0.29, 0.717) is 10.6 Å². The van der Waals surface area contributed by atoms with Gasteiger partial charge in [-0.1, -0.05) is 23.7 Å². The summed E-state index contributed by atoms with van der Waals surface area (Å²) >= 11 is 5.71. The first-order valence-electron chi connectivity index (χ1n) is 4.96. The van der Waals surface area contributed by atoms with Gasteiger partial charge in [0.1, 0.15) is 11.6 Å². The maximum absolute atomic E-state index is 13.7. The zero-order valence-corrected chi connectivity index (χ0v) is 9.51. The maximum Gasteiger partial charge on any atom is 0.134 e. The van der Waals surface area contributed by atoms with E-state index in [1.165, 1.54) is 0 Å². The molecule has 0 saturated carbocycles. The summed E-state index contributed by atoms with van der Waals surface area (Å²) in [6.45, 7) is -0.394. The molecule has 2 aromatic rings. The summed E-state index contributed by atoms with van der Waals surface area (Å²) in [6, 6.07) is 8.45. The zero-order chi connectivity index (χ0) is 12.4. The average Bonchev–Trinajstić information content (AvgIpc) is 2.30. The second kappa shape index (κ2) is 4.82. The molecule has 0 aliphatic carbocycles. The molecule has 0 radical (unpaired) electrons. The van der Waals surface area contributed by atoms with Crippen LogP contribution < -0.4 is 0 Å². The lowest BCUT2D eigenvalue weighted by atomic mass is 10.0. The molecule has 0 aromatic heterocycles. The van der Waals surface area contributed by atoms with Gasteiger partial charge in [0.15, 0.2) is 0 Å². The third kappa shape index (κ3) is 2.46. The first kappa shape index (κ1) is 12.0. The molecule has 0 bridgehead atoms. The molecule has 0 unspecified atom stereocenters. The molecule has 88 valence electrons. The van der Waals surface area contributed by atoms with Crippen LogP contribution in [0.4, 0.5) is 8.78 Å². The fraction of sp³-hybridized carbons (Fsp3) is 0.0769. The summed E-state index contributed by atoms with van der Waals surface area (Å²) in [7, 11) is 0. The van der Waals surface area contributed by atoms with Crippen molar-refractivity contribution in [1.29, 1.82) is 0 Å². The van der Waals surface area contributed by atoms with E-state index in [1.807, 2.05) is 0 Å². The molecular weight excluding hydrogens is 246 g/mol. The first-order chi connectivity index (χ1) is 8.11. The van der Waals surface area contributed by atoms with Crippen molar-refractivity contribution in [3.63, 3.8) is 0 Å². The number of hydrogen-bond acceptors (Lipinski definition) is 1. The van der Waals surface area contributed by atoms with Gasteiger partial charge < -0.3 is 5.11 Å². The van der Waals surface area contributed by atoms with E-state index >= 15 is 0 Å². The molecule has 0 fully saturated rings. The largest absolute Gasteiger partial charge is 0.392 e. The van der Waals surface area contributed by atoms with Crippen molar-refractivity contribution in [1.82, 2.24) is 0 Å². The summed E-state index contributed by atoms with van der Waals surface area (Å²) < 4.78 is 27.4. The fourth-order valence-corrected chi connectivity index (χ4v) is 1.74. The lowest BCUT2D eigenvalue weighted by Crippen LogP contribution is -1.94. The average molecular weight is 255 g/mol. The Balaban J connectivity index is 2.55. The van der Waals surface area contributed by atoms with Crippen molar-refractivity contribution < 1.29 is 13.9 Å². The van der Waals surface area contributed by atoms with Gasteiger partial charge in [-0.2, -0.15) is 0 Å². The van der Waals surface area contributed by atoms with E-state index in [4.69, 9.17) is 16.7 Å².